The topological polar surface area (TPSA) is 0 Å². The summed E-state index contributed by atoms with van der Waals surface area (Å²) in [4.78, 5) is 0. The van der Waals surface area contributed by atoms with Crippen molar-refractivity contribution in [1.29, 1.82) is 0 Å². The quantitative estimate of drug-likeness (QED) is 0.335. The van der Waals surface area contributed by atoms with Gasteiger partial charge in [-0.25, -0.2) is 0 Å². The third-order valence-corrected chi connectivity index (χ3v) is 7.83. The minimum absolute atomic E-state index is 1.18. The van der Waals surface area contributed by atoms with Gasteiger partial charge in [0, 0.05) is 0 Å². The summed E-state index contributed by atoms with van der Waals surface area (Å²) in [5.41, 5.74) is 0. The summed E-state index contributed by atoms with van der Waals surface area (Å²) in [7, 11) is 0. The van der Waals surface area contributed by atoms with Gasteiger partial charge in [0.1, 0.15) is 0 Å². The molecule has 8 rings (SSSR count). The van der Waals surface area contributed by atoms with Crippen LogP contribution in [0.1, 0.15) is 77.0 Å². The summed E-state index contributed by atoms with van der Waals surface area (Å²) >= 11 is 0. The van der Waals surface area contributed by atoms with Gasteiger partial charge in [-0.2, -0.15) is 0 Å². The fourth-order valence-corrected chi connectivity index (χ4v) is 6.56. The van der Waals surface area contributed by atoms with Gasteiger partial charge in [-0.3, -0.25) is 0 Å². The maximum atomic E-state index is 2.12. The molecule has 5 aliphatic rings. The van der Waals surface area contributed by atoms with Crippen LogP contribution in [0.5, 0.6) is 0 Å². The van der Waals surface area contributed by atoms with Crippen LogP contribution >= 0.6 is 0 Å². The zero-order chi connectivity index (χ0) is 21.8. The normalized spacial score (nSPS) is 27.1. The van der Waals surface area contributed by atoms with Crippen molar-refractivity contribution >= 4 is 10.8 Å². The molecule has 0 amide bonds. The molecule has 32 heavy (non-hydrogen) atoms. The standard InChI is InChI=1S/C10H16.C10H8.C6H12.C6H6/c1-7-2-9-4-8(1)5-10(3-7)6-9;1-2-6-10-8-4-3-7-9(10)5-1;2*1-2-4-6-5-3-1/h7-10H,1-6H2;1-8H;1-6H2;1-6H. The lowest BCUT2D eigenvalue weighted by Crippen LogP contribution is -2.38. The van der Waals surface area contributed by atoms with E-state index in [1.54, 1.807) is 38.5 Å². The van der Waals surface area contributed by atoms with E-state index in [0.29, 0.717) is 0 Å². The first-order valence-electron chi connectivity index (χ1n) is 13.3. The number of hydrogen-bond acceptors (Lipinski definition) is 0. The zero-order valence-corrected chi connectivity index (χ0v) is 19.9. The molecule has 0 saturated heterocycles. The summed E-state index contributed by atoms with van der Waals surface area (Å²) in [6.07, 6.45) is 18.6. The van der Waals surface area contributed by atoms with Gasteiger partial charge in [0.15, 0.2) is 0 Å². The van der Waals surface area contributed by atoms with Crippen LogP contribution < -0.4 is 0 Å². The molecule has 5 fully saturated rings. The lowest BCUT2D eigenvalue weighted by molar-refractivity contribution is 0.0198. The van der Waals surface area contributed by atoms with E-state index in [1.807, 2.05) is 36.4 Å². The maximum Gasteiger partial charge on any atom is -0.0184 e. The molecular weight excluding hydrogens is 384 g/mol. The first-order chi connectivity index (χ1) is 15.9. The molecule has 5 aliphatic carbocycles. The minimum Gasteiger partial charge on any atom is -0.0623 e. The molecule has 170 valence electrons. The number of benzene rings is 3. The van der Waals surface area contributed by atoms with E-state index in [4.69, 9.17) is 0 Å². The Morgan fingerprint density at radius 1 is 0.312 bits per heavy atom. The molecule has 0 nitrogen and oxygen atoms in total. The number of hydrogen-bond donors (Lipinski definition) is 0. The Balaban J connectivity index is 0.000000105. The third-order valence-electron chi connectivity index (χ3n) is 7.83. The first-order valence-corrected chi connectivity index (χ1v) is 13.3. The van der Waals surface area contributed by atoms with Crippen LogP contribution in [0.25, 0.3) is 10.8 Å². The van der Waals surface area contributed by atoms with Crippen LogP contribution in [0.3, 0.4) is 0 Å². The highest BCUT2D eigenvalue weighted by Crippen LogP contribution is 2.53. The molecular formula is C32H42. The van der Waals surface area contributed by atoms with Gasteiger partial charge in [0.25, 0.3) is 0 Å². The predicted octanol–water partition coefficient (Wildman–Crippen LogP) is 9.70. The van der Waals surface area contributed by atoms with E-state index in [9.17, 15) is 0 Å². The van der Waals surface area contributed by atoms with Crippen molar-refractivity contribution < 1.29 is 0 Å². The highest BCUT2D eigenvalue weighted by atomic mass is 14.5. The Morgan fingerprint density at radius 3 is 0.750 bits per heavy atom. The van der Waals surface area contributed by atoms with Gasteiger partial charge < -0.3 is 0 Å². The van der Waals surface area contributed by atoms with Crippen molar-refractivity contribution in [3.63, 3.8) is 0 Å². The lowest BCUT2D eigenvalue weighted by Gasteiger charge is -2.49. The Kier molecular flexibility index (Phi) is 9.26. The molecule has 4 bridgehead atoms. The molecule has 0 aromatic heterocycles. The Labute approximate surface area is 196 Å². The Hall–Kier alpha value is -2.08. The van der Waals surface area contributed by atoms with Crippen molar-refractivity contribution in [1.82, 2.24) is 0 Å². The Bertz CT molecular complexity index is 716. The SMILES string of the molecule is C1C2CC3CC1CC(C2)C3.C1CCCCC1.c1ccc2ccccc2c1.c1ccccc1. The second-order valence-corrected chi connectivity index (χ2v) is 10.5. The van der Waals surface area contributed by atoms with Gasteiger partial charge in [-0.15, -0.1) is 0 Å². The fraction of sp³-hybridized carbons (Fsp3) is 0.500. The summed E-state index contributed by atoms with van der Waals surface area (Å²) in [5, 5.41) is 2.62. The van der Waals surface area contributed by atoms with E-state index >= 15 is 0 Å². The smallest absolute Gasteiger partial charge is 0.0184 e. The average molecular weight is 427 g/mol. The number of rotatable bonds is 0. The van der Waals surface area contributed by atoms with Crippen molar-refractivity contribution in [3.05, 3.63) is 84.9 Å². The van der Waals surface area contributed by atoms with Gasteiger partial charge in [0.05, 0.1) is 0 Å². The van der Waals surface area contributed by atoms with Crippen molar-refractivity contribution in [2.24, 2.45) is 23.7 Å². The van der Waals surface area contributed by atoms with Crippen molar-refractivity contribution in [2.75, 3.05) is 0 Å². The zero-order valence-electron chi connectivity index (χ0n) is 19.9. The maximum absolute atomic E-state index is 2.12. The molecule has 3 aromatic carbocycles. The van der Waals surface area contributed by atoms with Crippen LogP contribution in [-0.2, 0) is 0 Å². The molecule has 0 unspecified atom stereocenters. The van der Waals surface area contributed by atoms with Gasteiger partial charge in [-0.05, 0) is 73.0 Å². The van der Waals surface area contributed by atoms with Crippen LogP contribution in [0, 0.1) is 23.7 Å². The summed E-state index contributed by atoms with van der Waals surface area (Å²) in [6, 6.07) is 28.7. The average Bonchev–Trinajstić information content (AvgIpc) is 2.87. The van der Waals surface area contributed by atoms with Gasteiger partial charge in [-0.1, -0.05) is 123 Å². The molecule has 5 saturated carbocycles. The van der Waals surface area contributed by atoms with E-state index in [2.05, 4.69) is 48.5 Å². The lowest BCUT2D eigenvalue weighted by atomic mass is 9.56. The molecule has 3 aromatic rings. The Morgan fingerprint density at radius 2 is 0.531 bits per heavy atom. The predicted molar refractivity (Wildman–Crippen MR) is 140 cm³/mol. The van der Waals surface area contributed by atoms with E-state index in [0.717, 1.165) is 0 Å². The van der Waals surface area contributed by atoms with Gasteiger partial charge >= 0.3 is 0 Å². The van der Waals surface area contributed by atoms with Crippen LogP contribution in [0.4, 0.5) is 0 Å². The number of fused-ring (bicyclic) bond motifs is 1. The molecule has 0 N–H and O–H groups in total. The monoisotopic (exact) mass is 426 g/mol. The molecule has 0 heteroatoms. The summed E-state index contributed by atoms with van der Waals surface area (Å²) in [6.45, 7) is 0. The van der Waals surface area contributed by atoms with E-state index < -0.39 is 0 Å². The summed E-state index contributed by atoms with van der Waals surface area (Å²) in [5.74, 6) is 4.71. The highest BCUT2D eigenvalue weighted by Gasteiger charge is 2.41. The summed E-state index contributed by atoms with van der Waals surface area (Å²) < 4.78 is 0. The van der Waals surface area contributed by atoms with Crippen molar-refractivity contribution in [2.45, 2.75) is 77.0 Å². The molecule has 0 atom stereocenters. The second-order valence-electron chi connectivity index (χ2n) is 10.5. The fourth-order valence-electron chi connectivity index (χ4n) is 6.56. The van der Waals surface area contributed by atoms with Crippen LogP contribution in [-0.4, -0.2) is 0 Å². The third kappa shape index (κ3) is 7.51. The van der Waals surface area contributed by atoms with Crippen LogP contribution in [0.2, 0.25) is 0 Å². The van der Waals surface area contributed by atoms with Crippen molar-refractivity contribution in [3.8, 4) is 0 Å². The molecule has 0 spiro atoms. The molecule has 0 aliphatic heterocycles. The van der Waals surface area contributed by atoms with Crippen LogP contribution in [0.15, 0.2) is 84.9 Å². The highest BCUT2D eigenvalue weighted by molar-refractivity contribution is 5.82. The molecule has 0 heterocycles. The van der Waals surface area contributed by atoms with Gasteiger partial charge in [0.2, 0.25) is 0 Å². The minimum atomic E-state index is 1.18. The second kappa shape index (κ2) is 12.8. The molecule has 0 radical (unpaired) electrons. The largest absolute Gasteiger partial charge is 0.0623 e. The first kappa shape index (κ1) is 23.1. The van der Waals surface area contributed by atoms with E-state index in [1.165, 1.54) is 73.0 Å². The van der Waals surface area contributed by atoms with E-state index in [-0.39, 0.29) is 0 Å².